The molecule has 1 aliphatic carbocycles. The number of aliphatic carboxylic acids is 1. The summed E-state index contributed by atoms with van der Waals surface area (Å²) in [4.78, 5) is 11.5. The number of piperidine rings is 1. The number of carboxylic acid groups (broad SMARTS) is 1. The third-order valence-corrected chi connectivity index (χ3v) is 4.01. The molecule has 0 bridgehead atoms. The summed E-state index contributed by atoms with van der Waals surface area (Å²) in [6.45, 7) is 1.35. The van der Waals surface area contributed by atoms with Gasteiger partial charge in [0.05, 0.1) is 0 Å². The monoisotopic (exact) mass is 281 g/mol. The van der Waals surface area contributed by atoms with Gasteiger partial charge in [0.1, 0.15) is 0 Å². The van der Waals surface area contributed by atoms with E-state index < -0.39 is 12.1 Å². The van der Waals surface area contributed by atoms with E-state index in [2.05, 4.69) is 11.9 Å². The lowest BCUT2D eigenvalue weighted by molar-refractivity contribution is -0.192. The fraction of sp³-hybridized carbons (Fsp3) is 0.923. The van der Waals surface area contributed by atoms with Crippen molar-refractivity contribution >= 4 is 5.97 Å². The summed E-state index contributed by atoms with van der Waals surface area (Å²) in [6.07, 6.45) is 5.31. The number of hydrogen-bond acceptors (Lipinski definition) is 2. The average molecular weight is 281 g/mol. The first-order valence-electron chi connectivity index (χ1n) is 6.82. The summed E-state index contributed by atoms with van der Waals surface area (Å²) in [7, 11) is 2.32. The number of likely N-dealkylation sites (tertiary alicyclic amines) is 1. The summed E-state index contributed by atoms with van der Waals surface area (Å²) < 4.78 is 31.7. The van der Waals surface area contributed by atoms with Crippen LogP contribution in [0.4, 0.5) is 13.2 Å². The molecule has 0 aromatic carbocycles. The molecule has 0 aromatic heterocycles. The van der Waals surface area contributed by atoms with Crippen molar-refractivity contribution in [3.05, 3.63) is 0 Å². The smallest absolute Gasteiger partial charge is 0.475 e. The molecule has 112 valence electrons. The van der Waals surface area contributed by atoms with Gasteiger partial charge in [-0.2, -0.15) is 13.2 Å². The van der Waals surface area contributed by atoms with Gasteiger partial charge in [-0.15, -0.1) is 0 Å². The molecular weight excluding hydrogens is 259 g/mol. The van der Waals surface area contributed by atoms with Crippen LogP contribution in [-0.4, -0.2) is 41.8 Å². The van der Waals surface area contributed by atoms with Crippen LogP contribution in [0.1, 0.15) is 44.9 Å². The Kier molecular flexibility index (Phi) is 6.10. The van der Waals surface area contributed by atoms with Gasteiger partial charge in [0.15, 0.2) is 0 Å². The fourth-order valence-electron chi connectivity index (χ4n) is 3.04. The molecule has 3 nitrogen and oxygen atoms in total. The van der Waals surface area contributed by atoms with E-state index in [4.69, 9.17) is 9.90 Å². The third kappa shape index (κ3) is 5.38. The second-order valence-electron chi connectivity index (χ2n) is 5.39. The highest BCUT2D eigenvalue weighted by Crippen LogP contribution is 2.33. The quantitative estimate of drug-likeness (QED) is 0.801. The lowest BCUT2D eigenvalue weighted by atomic mass is 9.90. The molecule has 2 fully saturated rings. The molecule has 0 amide bonds. The van der Waals surface area contributed by atoms with Gasteiger partial charge in [0.2, 0.25) is 0 Å². The van der Waals surface area contributed by atoms with Crippen molar-refractivity contribution in [3.63, 3.8) is 0 Å². The van der Waals surface area contributed by atoms with Gasteiger partial charge in [-0.05, 0) is 45.2 Å². The molecule has 0 aromatic rings. The van der Waals surface area contributed by atoms with Crippen molar-refractivity contribution < 1.29 is 23.1 Å². The standard InChI is InChI=1S/C11H21N.C2HF3O2/c1-12-9-5-4-8-11(12)10-6-2-3-7-10;3-2(4,5)1(6)7/h10-11H,2-9H2,1H3;(H,6,7). The molecule has 1 saturated carbocycles. The Morgan fingerprint density at radius 1 is 1.11 bits per heavy atom. The lowest BCUT2D eigenvalue weighted by Crippen LogP contribution is -2.40. The second-order valence-corrected chi connectivity index (χ2v) is 5.39. The molecule has 1 unspecified atom stereocenters. The maximum absolute atomic E-state index is 10.6. The fourth-order valence-corrected chi connectivity index (χ4v) is 3.04. The van der Waals surface area contributed by atoms with Crippen LogP contribution in [-0.2, 0) is 4.79 Å². The number of hydrogen-bond donors (Lipinski definition) is 1. The van der Waals surface area contributed by atoms with Crippen LogP contribution in [0.2, 0.25) is 0 Å². The Morgan fingerprint density at radius 3 is 2.00 bits per heavy atom. The number of carbonyl (C=O) groups is 1. The van der Waals surface area contributed by atoms with E-state index in [0.29, 0.717) is 0 Å². The summed E-state index contributed by atoms with van der Waals surface area (Å²) in [5.74, 6) is -1.71. The Balaban J connectivity index is 0.000000224. The molecule has 6 heteroatoms. The minimum Gasteiger partial charge on any atom is -0.475 e. The van der Waals surface area contributed by atoms with Crippen molar-refractivity contribution in [1.82, 2.24) is 4.90 Å². The first-order chi connectivity index (χ1) is 8.82. The highest BCUT2D eigenvalue weighted by Gasteiger charge is 2.38. The minimum absolute atomic E-state index is 0.946. The van der Waals surface area contributed by atoms with Gasteiger partial charge in [0, 0.05) is 6.04 Å². The van der Waals surface area contributed by atoms with Crippen LogP contribution in [0.3, 0.4) is 0 Å². The van der Waals surface area contributed by atoms with Crippen LogP contribution < -0.4 is 0 Å². The number of carboxylic acids is 1. The number of halogens is 3. The molecule has 1 aliphatic heterocycles. The molecule has 1 saturated heterocycles. The molecule has 0 radical (unpaired) electrons. The van der Waals surface area contributed by atoms with Crippen molar-refractivity contribution in [2.75, 3.05) is 13.6 Å². The van der Waals surface area contributed by atoms with Gasteiger partial charge in [0.25, 0.3) is 0 Å². The zero-order valence-electron chi connectivity index (χ0n) is 11.2. The highest BCUT2D eigenvalue weighted by atomic mass is 19.4. The van der Waals surface area contributed by atoms with Gasteiger partial charge in [-0.1, -0.05) is 19.3 Å². The Morgan fingerprint density at radius 2 is 1.58 bits per heavy atom. The molecule has 0 spiro atoms. The van der Waals surface area contributed by atoms with Gasteiger partial charge in [-0.3, -0.25) is 0 Å². The van der Waals surface area contributed by atoms with Crippen molar-refractivity contribution in [3.8, 4) is 0 Å². The van der Waals surface area contributed by atoms with Crippen molar-refractivity contribution in [1.29, 1.82) is 0 Å². The molecule has 2 rings (SSSR count). The highest BCUT2D eigenvalue weighted by molar-refractivity contribution is 5.73. The Bertz CT molecular complexity index is 288. The van der Waals surface area contributed by atoms with Crippen LogP contribution in [0.5, 0.6) is 0 Å². The predicted molar refractivity (Wildman–Crippen MR) is 65.9 cm³/mol. The van der Waals surface area contributed by atoms with Gasteiger partial charge >= 0.3 is 12.1 Å². The van der Waals surface area contributed by atoms with E-state index in [1.807, 2.05) is 0 Å². The number of rotatable bonds is 1. The van der Waals surface area contributed by atoms with E-state index in [1.165, 1.54) is 51.5 Å². The van der Waals surface area contributed by atoms with Gasteiger partial charge in [-0.25, -0.2) is 4.79 Å². The molecule has 1 N–H and O–H groups in total. The summed E-state index contributed by atoms with van der Waals surface area (Å²) in [5, 5.41) is 7.12. The van der Waals surface area contributed by atoms with E-state index in [1.54, 1.807) is 0 Å². The van der Waals surface area contributed by atoms with E-state index in [9.17, 15) is 13.2 Å². The summed E-state index contributed by atoms with van der Waals surface area (Å²) in [6, 6.07) is 0.946. The predicted octanol–water partition coefficient (Wildman–Crippen LogP) is 3.29. The number of nitrogens with zero attached hydrogens (tertiary/aromatic N) is 1. The van der Waals surface area contributed by atoms with Crippen LogP contribution in [0, 0.1) is 5.92 Å². The second kappa shape index (κ2) is 7.12. The SMILES string of the molecule is CN1CCCCC1C1CCCC1.O=C(O)C(F)(F)F. The zero-order valence-corrected chi connectivity index (χ0v) is 11.2. The minimum atomic E-state index is -5.08. The largest absolute Gasteiger partial charge is 0.490 e. The van der Waals surface area contributed by atoms with Crippen molar-refractivity contribution in [2.24, 2.45) is 5.92 Å². The topological polar surface area (TPSA) is 40.5 Å². The van der Waals surface area contributed by atoms with Crippen LogP contribution in [0.25, 0.3) is 0 Å². The Labute approximate surface area is 111 Å². The summed E-state index contributed by atoms with van der Waals surface area (Å²) >= 11 is 0. The molecule has 19 heavy (non-hydrogen) atoms. The molecule has 2 aliphatic rings. The van der Waals surface area contributed by atoms with Crippen LogP contribution >= 0.6 is 0 Å². The van der Waals surface area contributed by atoms with E-state index in [0.717, 1.165) is 12.0 Å². The maximum atomic E-state index is 10.6. The maximum Gasteiger partial charge on any atom is 0.490 e. The molecule has 1 heterocycles. The van der Waals surface area contributed by atoms with E-state index in [-0.39, 0.29) is 0 Å². The number of alkyl halides is 3. The first-order valence-corrected chi connectivity index (χ1v) is 6.82. The average Bonchev–Trinajstić information content (AvgIpc) is 2.82. The van der Waals surface area contributed by atoms with E-state index >= 15 is 0 Å². The first kappa shape index (κ1) is 16.3. The normalized spacial score (nSPS) is 25.8. The van der Waals surface area contributed by atoms with Crippen molar-refractivity contribution in [2.45, 2.75) is 57.2 Å². The molecular formula is C13H22F3NO2. The Hall–Kier alpha value is -0.780. The van der Waals surface area contributed by atoms with Gasteiger partial charge < -0.3 is 10.0 Å². The van der Waals surface area contributed by atoms with Crippen LogP contribution in [0.15, 0.2) is 0 Å². The molecule has 1 atom stereocenters. The summed E-state index contributed by atoms with van der Waals surface area (Å²) in [5.41, 5.74) is 0. The zero-order chi connectivity index (χ0) is 14.5. The lowest BCUT2D eigenvalue weighted by Gasteiger charge is -2.36. The third-order valence-electron chi connectivity index (χ3n) is 4.01.